The van der Waals surface area contributed by atoms with Gasteiger partial charge in [-0.3, -0.25) is 9.59 Å². The highest BCUT2D eigenvalue weighted by molar-refractivity contribution is 5.69. The van der Waals surface area contributed by atoms with Gasteiger partial charge in [-0.25, -0.2) is 4.68 Å². The number of aromatic nitrogens is 2. The van der Waals surface area contributed by atoms with Crippen LogP contribution in [0.5, 0.6) is 5.75 Å². The van der Waals surface area contributed by atoms with Crippen molar-refractivity contribution in [2.75, 3.05) is 7.11 Å². The molecule has 1 heterocycles. The van der Waals surface area contributed by atoms with Crippen LogP contribution in [0.15, 0.2) is 41.2 Å². The van der Waals surface area contributed by atoms with Gasteiger partial charge in [0.05, 0.1) is 18.9 Å². The molecule has 1 aromatic carbocycles. The molecular weight excluding hydrogens is 284 g/mol. The van der Waals surface area contributed by atoms with E-state index in [0.717, 1.165) is 16.0 Å². The fraction of sp³-hybridized carbons (Fsp3) is 0.312. The summed E-state index contributed by atoms with van der Waals surface area (Å²) in [6.07, 6.45) is -0.229. The number of carbonyl (C=O) groups is 1. The zero-order valence-electron chi connectivity index (χ0n) is 12.8. The topological polar surface area (TPSA) is 70.4 Å². The summed E-state index contributed by atoms with van der Waals surface area (Å²) in [6.45, 7) is 3.30. The molecule has 0 aliphatic rings. The number of esters is 1. The summed E-state index contributed by atoms with van der Waals surface area (Å²) >= 11 is 0. The molecular formula is C16H18N2O4. The minimum absolute atomic E-state index is 0.207. The van der Waals surface area contributed by atoms with E-state index < -0.39 is 5.97 Å². The third-order valence-electron chi connectivity index (χ3n) is 2.90. The van der Waals surface area contributed by atoms with Gasteiger partial charge in [0.2, 0.25) is 0 Å². The van der Waals surface area contributed by atoms with Gasteiger partial charge >= 0.3 is 5.97 Å². The molecule has 2 rings (SSSR count). The van der Waals surface area contributed by atoms with Gasteiger partial charge in [-0.15, -0.1) is 0 Å². The van der Waals surface area contributed by atoms with E-state index in [1.54, 1.807) is 39.2 Å². The molecule has 0 fully saturated rings. The van der Waals surface area contributed by atoms with E-state index in [9.17, 15) is 9.59 Å². The Labute approximate surface area is 128 Å². The van der Waals surface area contributed by atoms with E-state index in [2.05, 4.69) is 5.10 Å². The molecule has 0 aliphatic carbocycles. The molecule has 1 aromatic heterocycles. The van der Waals surface area contributed by atoms with Crippen molar-refractivity contribution in [1.82, 2.24) is 9.78 Å². The number of carbonyl (C=O) groups excluding carboxylic acids is 1. The van der Waals surface area contributed by atoms with Crippen LogP contribution in [0.1, 0.15) is 13.8 Å². The van der Waals surface area contributed by atoms with Crippen LogP contribution in [0.4, 0.5) is 0 Å². The van der Waals surface area contributed by atoms with E-state index in [1.807, 2.05) is 12.1 Å². The van der Waals surface area contributed by atoms with Crippen LogP contribution in [-0.2, 0) is 16.1 Å². The number of methoxy groups -OCH3 is 1. The summed E-state index contributed by atoms with van der Waals surface area (Å²) in [5, 5.41) is 4.21. The first kappa shape index (κ1) is 15.8. The van der Waals surface area contributed by atoms with Crippen molar-refractivity contribution in [1.29, 1.82) is 0 Å². The van der Waals surface area contributed by atoms with E-state index in [0.29, 0.717) is 5.69 Å². The average molecular weight is 302 g/mol. The molecule has 116 valence electrons. The number of rotatable bonds is 5. The number of nitrogens with zero attached hydrogens (tertiary/aromatic N) is 2. The predicted octanol–water partition coefficient (Wildman–Crippen LogP) is 1.87. The molecule has 0 N–H and O–H groups in total. The first-order valence-electron chi connectivity index (χ1n) is 6.91. The Hall–Kier alpha value is -2.63. The fourth-order valence-electron chi connectivity index (χ4n) is 1.90. The maximum atomic E-state index is 11.8. The van der Waals surface area contributed by atoms with Crippen molar-refractivity contribution in [3.8, 4) is 17.0 Å². The van der Waals surface area contributed by atoms with Crippen molar-refractivity contribution < 1.29 is 14.3 Å². The van der Waals surface area contributed by atoms with Gasteiger partial charge in [-0.05, 0) is 44.2 Å². The highest BCUT2D eigenvalue weighted by Crippen LogP contribution is 2.19. The molecule has 6 nitrogen and oxygen atoms in total. The highest BCUT2D eigenvalue weighted by atomic mass is 16.5. The third-order valence-corrected chi connectivity index (χ3v) is 2.90. The highest BCUT2D eigenvalue weighted by Gasteiger charge is 2.10. The SMILES string of the molecule is COc1ccc(-c2ccc(=O)n(CC(=O)OC(C)C)n2)cc1. The summed E-state index contributed by atoms with van der Waals surface area (Å²) in [4.78, 5) is 23.5. The van der Waals surface area contributed by atoms with Crippen molar-refractivity contribution in [3.05, 3.63) is 46.8 Å². The fourth-order valence-corrected chi connectivity index (χ4v) is 1.90. The lowest BCUT2D eigenvalue weighted by Gasteiger charge is -2.10. The summed E-state index contributed by atoms with van der Waals surface area (Å²) in [7, 11) is 1.59. The minimum atomic E-state index is -0.489. The number of hydrogen-bond acceptors (Lipinski definition) is 5. The van der Waals surface area contributed by atoms with Crippen LogP contribution < -0.4 is 10.3 Å². The van der Waals surface area contributed by atoms with Crippen LogP contribution in [0.2, 0.25) is 0 Å². The standard InChI is InChI=1S/C16H18N2O4/c1-11(2)22-16(20)10-18-15(19)9-8-14(17-18)12-4-6-13(21-3)7-5-12/h4-9,11H,10H2,1-3H3. The van der Waals surface area contributed by atoms with E-state index in [-0.39, 0.29) is 18.2 Å². The predicted molar refractivity (Wildman–Crippen MR) is 81.7 cm³/mol. The van der Waals surface area contributed by atoms with Crippen molar-refractivity contribution in [2.45, 2.75) is 26.5 Å². The molecule has 0 atom stereocenters. The Balaban J connectivity index is 2.25. The van der Waals surface area contributed by atoms with Gasteiger partial charge in [0, 0.05) is 11.6 Å². The lowest BCUT2D eigenvalue weighted by molar-refractivity contribution is -0.148. The summed E-state index contributed by atoms with van der Waals surface area (Å²) < 4.78 is 11.2. The summed E-state index contributed by atoms with van der Waals surface area (Å²) in [6, 6.07) is 10.3. The molecule has 0 saturated heterocycles. The Morgan fingerprint density at radius 2 is 1.86 bits per heavy atom. The Morgan fingerprint density at radius 3 is 2.45 bits per heavy atom. The number of ether oxygens (including phenoxy) is 2. The van der Waals surface area contributed by atoms with Crippen LogP contribution in [0.3, 0.4) is 0 Å². The van der Waals surface area contributed by atoms with Crippen molar-refractivity contribution in [2.24, 2.45) is 0 Å². The maximum Gasteiger partial charge on any atom is 0.328 e. The second-order valence-electron chi connectivity index (χ2n) is 4.98. The normalized spacial score (nSPS) is 10.5. The molecule has 0 aliphatic heterocycles. The lowest BCUT2D eigenvalue weighted by Crippen LogP contribution is -2.28. The molecule has 2 aromatic rings. The quantitative estimate of drug-likeness (QED) is 0.789. The van der Waals surface area contributed by atoms with Crippen LogP contribution >= 0.6 is 0 Å². The second kappa shape index (κ2) is 6.89. The van der Waals surface area contributed by atoms with Gasteiger partial charge in [-0.2, -0.15) is 5.10 Å². The summed E-state index contributed by atoms with van der Waals surface area (Å²) in [5.74, 6) is 0.245. The lowest BCUT2D eigenvalue weighted by atomic mass is 10.1. The molecule has 0 amide bonds. The van der Waals surface area contributed by atoms with Gasteiger partial charge in [0.1, 0.15) is 12.3 Å². The third kappa shape index (κ3) is 3.94. The van der Waals surface area contributed by atoms with Gasteiger partial charge in [0.25, 0.3) is 5.56 Å². The second-order valence-corrected chi connectivity index (χ2v) is 4.98. The monoisotopic (exact) mass is 302 g/mol. The van der Waals surface area contributed by atoms with E-state index in [1.165, 1.54) is 6.07 Å². The van der Waals surface area contributed by atoms with Crippen molar-refractivity contribution in [3.63, 3.8) is 0 Å². The molecule has 0 saturated carbocycles. The van der Waals surface area contributed by atoms with Crippen molar-refractivity contribution >= 4 is 5.97 Å². The summed E-state index contributed by atoms with van der Waals surface area (Å²) in [5.41, 5.74) is 1.07. The van der Waals surface area contributed by atoms with Crippen LogP contribution in [-0.4, -0.2) is 29.0 Å². The average Bonchev–Trinajstić information content (AvgIpc) is 2.49. The molecule has 6 heteroatoms. The van der Waals surface area contributed by atoms with Gasteiger partial charge < -0.3 is 9.47 Å². The first-order chi connectivity index (χ1) is 10.5. The minimum Gasteiger partial charge on any atom is -0.497 e. The molecule has 22 heavy (non-hydrogen) atoms. The Bertz CT molecular complexity index is 705. The molecule has 0 unspecified atom stereocenters. The maximum absolute atomic E-state index is 11.8. The first-order valence-corrected chi connectivity index (χ1v) is 6.91. The number of hydrogen-bond donors (Lipinski definition) is 0. The molecule has 0 spiro atoms. The van der Waals surface area contributed by atoms with E-state index in [4.69, 9.17) is 9.47 Å². The van der Waals surface area contributed by atoms with Gasteiger partial charge in [-0.1, -0.05) is 0 Å². The Morgan fingerprint density at radius 1 is 1.18 bits per heavy atom. The van der Waals surface area contributed by atoms with E-state index >= 15 is 0 Å². The van der Waals surface area contributed by atoms with Crippen LogP contribution in [0, 0.1) is 0 Å². The molecule has 0 radical (unpaired) electrons. The zero-order valence-corrected chi connectivity index (χ0v) is 12.8. The largest absolute Gasteiger partial charge is 0.497 e. The zero-order chi connectivity index (χ0) is 16.1. The number of benzene rings is 1. The van der Waals surface area contributed by atoms with Gasteiger partial charge in [0.15, 0.2) is 0 Å². The van der Waals surface area contributed by atoms with Crippen LogP contribution in [0.25, 0.3) is 11.3 Å². The molecule has 0 bridgehead atoms. The Kier molecular flexibility index (Phi) is 4.93. The smallest absolute Gasteiger partial charge is 0.328 e.